The monoisotopic (exact) mass is 372 g/mol. The molecule has 0 aromatic carbocycles. The van der Waals surface area contributed by atoms with Gasteiger partial charge >= 0.3 is 5.69 Å². The highest BCUT2D eigenvalue weighted by Crippen LogP contribution is 2.27. The number of pyridine rings is 1. The summed E-state index contributed by atoms with van der Waals surface area (Å²) in [5.41, 5.74) is 0.510. The zero-order valence-electron chi connectivity index (χ0n) is 16.3. The van der Waals surface area contributed by atoms with Crippen LogP contribution in [0.1, 0.15) is 55.2 Å². The van der Waals surface area contributed by atoms with E-state index >= 15 is 0 Å². The largest absolute Gasteiger partial charge is 0.356 e. The van der Waals surface area contributed by atoms with Crippen molar-refractivity contribution in [3.8, 4) is 0 Å². The summed E-state index contributed by atoms with van der Waals surface area (Å²) in [6, 6.07) is 3.72. The number of hydrogen-bond acceptors (Lipinski definition) is 5. The van der Waals surface area contributed by atoms with Gasteiger partial charge in [-0.1, -0.05) is 6.92 Å². The number of aryl methyl sites for hydroxylation is 1. The second-order valence-corrected chi connectivity index (χ2v) is 6.95. The van der Waals surface area contributed by atoms with Crippen molar-refractivity contribution in [3.63, 3.8) is 0 Å². The van der Waals surface area contributed by atoms with Crippen LogP contribution < -0.4 is 15.9 Å². The van der Waals surface area contributed by atoms with Crippen molar-refractivity contribution in [1.29, 1.82) is 0 Å². The lowest BCUT2D eigenvalue weighted by atomic mass is 9.97. The summed E-state index contributed by atoms with van der Waals surface area (Å²) in [7, 11) is 1.70. The summed E-state index contributed by atoms with van der Waals surface area (Å²) in [6.45, 7) is 6.96. The number of hydrogen-bond donors (Lipinski definition) is 1. The molecule has 1 fully saturated rings. The molecule has 8 nitrogen and oxygen atoms in total. The highest BCUT2D eigenvalue weighted by molar-refractivity contribution is 5.94. The van der Waals surface area contributed by atoms with E-state index in [0.717, 1.165) is 44.0 Å². The molecule has 1 amide bonds. The molecule has 0 bridgehead atoms. The van der Waals surface area contributed by atoms with E-state index in [1.165, 1.54) is 4.68 Å². The molecule has 8 heteroatoms. The summed E-state index contributed by atoms with van der Waals surface area (Å²) in [4.78, 5) is 30.9. The summed E-state index contributed by atoms with van der Waals surface area (Å²) < 4.78 is 3.17. The molecule has 3 rings (SSSR count). The Bertz CT molecular complexity index is 839. The summed E-state index contributed by atoms with van der Waals surface area (Å²) in [5, 5.41) is 7.33. The Morgan fingerprint density at radius 2 is 2.15 bits per heavy atom. The molecular weight excluding hydrogens is 344 g/mol. The molecule has 0 radical (unpaired) electrons. The SMILES string of the molecule is CCCNC(=O)c1ccc(N2CCC[C@H](c3nn(C)c(=O)n3CC)C2)nc1. The van der Waals surface area contributed by atoms with Crippen LogP contribution in [0.4, 0.5) is 5.82 Å². The van der Waals surface area contributed by atoms with Crippen molar-refractivity contribution in [2.24, 2.45) is 7.05 Å². The van der Waals surface area contributed by atoms with Crippen molar-refractivity contribution >= 4 is 11.7 Å². The van der Waals surface area contributed by atoms with Crippen LogP contribution in [0, 0.1) is 0 Å². The molecule has 2 aromatic heterocycles. The van der Waals surface area contributed by atoms with Crippen molar-refractivity contribution in [2.75, 3.05) is 24.5 Å². The Kier molecular flexibility index (Phi) is 5.93. The topological polar surface area (TPSA) is 85.0 Å². The highest BCUT2D eigenvalue weighted by Gasteiger charge is 2.27. The van der Waals surface area contributed by atoms with E-state index in [1.807, 2.05) is 26.0 Å². The lowest BCUT2D eigenvalue weighted by molar-refractivity contribution is 0.0953. The number of piperidine rings is 1. The second kappa shape index (κ2) is 8.37. The van der Waals surface area contributed by atoms with Crippen LogP contribution >= 0.6 is 0 Å². The van der Waals surface area contributed by atoms with Crippen LogP contribution in [0.25, 0.3) is 0 Å². The van der Waals surface area contributed by atoms with Crippen LogP contribution in [-0.2, 0) is 13.6 Å². The number of carbonyl (C=O) groups excluding carboxylic acids is 1. The zero-order valence-corrected chi connectivity index (χ0v) is 16.3. The van der Waals surface area contributed by atoms with Gasteiger partial charge in [0.05, 0.1) is 5.56 Å². The smallest absolute Gasteiger partial charge is 0.345 e. The molecule has 27 heavy (non-hydrogen) atoms. The van der Waals surface area contributed by atoms with Crippen LogP contribution in [0.3, 0.4) is 0 Å². The maximum Gasteiger partial charge on any atom is 0.345 e. The van der Waals surface area contributed by atoms with Gasteiger partial charge in [0.1, 0.15) is 11.6 Å². The molecule has 3 heterocycles. The van der Waals surface area contributed by atoms with Gasteiger partial charge in [-0.15, -0.1) is 0 Å². The average Bonchev–Trinajstić information content (AvgIpc) is 3.00. The zero-order chi connectivity index (χ0) is 19.4. The van der Waals surface area contributed by atoms with Gasteiger partial charge in [-0.2, -0.15) is 5.10 Å². The number of rotatable bonds is 6. The molecule has 0 spiro atoms. The van der Waals surface area contributed by atoms with Crippen molar-refractivity contribution in [1.82, 2.24) is 24.6 Å². The van der Waals surface area contributed by atoms with Crippen LogP contribution in [0.15, 0.2) is 23.1 Å². The molecule has 1 atom stereocenters. The van der Waals surface area contributed by atoms with E-state index in [9.17, 15) is 9.59 Å². The number of amides is 1. The van der Waals surface area contributed by atoms with Crippen molar-refractivity contribution < 1.29 is 4.79 Å². The number of nitrogens with one attached hydrogen (secondary N) is 1. The van der Waals surface area contributed by atoms with Gasteiger partial charge in [0, 0.05) is 45.3 Å². The molecule has 1 aliphatic rings. The first-order valence-corrected chi connectivity index (χ1v) is 9.68. The fraction of sp³-hybridized carbons (Fsp3) is 0.579. The Morgan fingerprint density at radius 3 is 2.81 bits per heavy atom. The fourth-order valence-electron chi connectivity index (χ4n) is 3.57. The number of carbonyl (C=O) groups is 1. The minimum atomic E-state index is -0.0899. The first kappa shape index (κ1) is 19.1. The third-order valence-electron chi connectivity index (χ3n) is 5.01. The van der Waals surface area contributed by atoms with E-state index < -0.39 is 0 Å². The minimum absolute atomic E-state index is 0.0646. The Hall–Kier alpha value is -2.64. The molecular formula is C19H28N6O2. The van der Waals surface area contributed by atoms with Gasteiger partial charge in [0.15, 0.2) is 0 Å². The summed E-state index contributed by atoms with van der Waals surface area (Å²) in [6.07, 6.45) is 4.56. The van der Waals surface area contributed by atoms with Gasteiger partial charge in [0.2, 0.25) is 0 Å². The van der Waals surface area contributed by atoms with E-state index in [-0.39, 0.29) is 17.5 Å². The van der Waals surface area contributed by atoms with E-state index in [0.29, 0.717) is 18.7 Å². The van der Waals surface area contributed by atoms with Gasteiger partial charge < -0.3 is 10.2 Å². The minimum Gasteiger partial charge on any atom is -0.356 e. The van der Waals surface area contributed by atoms with Crippen LogP contribution in [-0.4, -0.2) is 44.9 Å². The maximum absolute atomic E-state index is 12.2. The maximum atomic E-state index is 12.2. The van der Waals surface area contributed by atoms with E-state index in [4.69, 9.17) is 0 Å². The lowest BCUT2D eigenvalue weighted by Crippen LogP contribution is -2.36. The first-order chi connectivity index (χ1) is 13.0. The van der Waals surface area contributed by atoms with Gasteiger partial charge in [-0.3, -0.25) is 9.36 Å². The van der Waals surface area contributed by atoms with Crippen molar-refractivity contribution in [2.45, 2.75) is 45.6 Å². The third kappa shape index (κ3) is 4.04. The normalized spacial score (nSPS) is 17.1. The molecule has 1 saturated heterocycles. The number of anilines is 1. The Morgan fingerprint density at radius 1 is 1.33 bits per heavy atom. The first-order valence-electron chi connectivity index (χ1n) is 9.68. The summed E-state index contributed by atoms with van der Waals surface area (Å²) in [5.74, 6) is 1.81. The van der Waals surface area contributed by atoms with Gasteiger partial charge in [0.25, 0.3) is 5.91 Å². The Labute approximate surface area is 159 Å². The summed E-state index contributed by atoms with van der Waals surface area (Å²) >= 11 is 0. The van der Waals surface area contributed by atoms with E-state index in [1.54, 1.807) is 17.8 Å². The number of aromatic nitrogens is 4. The fourth-order valence-corrected chi connectivity index (χ4v) is 3.57. The molecule has 0 saturated carbocycles. The highest BCUT2D eigenvalue weighted by atomic mass is 16.2. The average molecular weight is 372 g/mol. The second-order valence-electron chi connectivity index (χ2n) is 6.95. The standard InChI is InChI=1S/C19H28N6O2/c1-4-10-20-18(26)14-8-9-16(21-12-14)24-11-6-7-15(13-24)17-22-23(3)19(27)25(17)5-2/h8-9,12,15H,4-7,10-11,13H2,1-3H3,(H,20,26)/t15-/m0/s1. The lowest BCUT2D eigenvalue weighted by Gasteiger charge is -2.33. The van der Waals surface area contributed by atoms with Crippen LogP contribution in [0.2, 0.25) is 0 Å². The van der Waals surface area contributed by atoms with Crippen LogP contribution in [0.5, 0.6) is 0 Å². The molecule has 0 aliphatic carbocycles. The molecule has 146 valence electrons. The molecule has 2 aromatic rings. The van der Waals surface area contributed by atoms with Gasteiger partial charge in [-0.25, -0.2) is 14.5 Å². The van der Waals surface area contributed by atoms with E-state index in [2.05, 4.69) is 20.3 Å². The van der Waals surface area contributed by atoms with Crippen molar-refractivity contribution in [3.05, 3.63) is 40.2 Å². The quantitative estimate of drug-likeness (QED) is 0.831. The predicted molar refractivity (Wildman–Crippen MR) is 104 cm³/mol. The molecule has 1 aliphatic heterocycles. The Balaban J connectivity index is 1.74. The third-order valence-corrected chi connectivity index (χ3v) is 5.01. The van der Waals surface area contributed by atoms with Gasteiger partial charge in [-0.05, 0) is 38.3 Å². The molecule has 0 unspecified atom stereocenters. The predicted octanol–water partition coefficient (Wildman–Crippen LogP) is 1.52. The molecule has 1 N–H and O–H groups in total. The number of nitrogens with zero attached hydrogens (tertiary/aromatic N) is 5.